The highest BCUT2D eigenvalue weighted by atomic mass is 79.9. The van der Waals surface area contributed by atoms with Gasteiger partial charge in [0.25, 0.3) is 5.91 Å². The van der Waals surface area contributed by atoms with Gasteiger partial charge < -0.3 is 4.90 Å². The summed E-state index contributed by atoms with van der Waals surface area (Å²) in [5, 5.41) is 0.685. The summed E-state index contributed by atoms with van der Waals surface area (Å²) in [4.78, 5) is 15.0. The molecule has 2 rings (SSSR count). The molecule has 0 fully saturated rings. The van der Waals surface area contributed by atoms with Crippen molar-refractivity contribution in [3.8, 4) is 0 Å². The summed E-state index contributed by atoms with van der Waals surface area (Å²) in [6.07, 6.45) is 0. The SMILES string of the molecule is Cc1cc(C(=O)N(C)C(C)c2cccc(Cl)c2)sc1Br. The highest BCUT2D eigenvalue weighted by molar-refractivity contribution is 9.11. The van der Waals surface area contributed by atoms with Gasteiger partial charge >= 0.3 is 0 Å². The molecule has 0 N–H and O–H groups in total. The molecular formula is C15H15BrClNOS. The number of halogens is 2. The van der Waals surface area contributed by atoms with Crippen LogP contribution in [0.25, 0.3) is 0 Å². The van der Waals surface area contributed by atoms with Crippen molar-refractivity contribution in [1.82, 2.24) is 4.90 Å². The summed E-state index contributed by atoms with van der Waals surface area (Å²) < 4.78 is 1.00. The van der Waals surface area contributed by atoms with Crippen LogP contribution in [0.5, 0.6) is 0 Å². The van der Waals surface area contributed by atoms with Gasteiger partial charge in [-0.05, 0) is 59.1 Å². The van der Waals surface area contributed by atoms with Crippen molar-refractivity contribution in [2.24, 2.45) is 0 Å². The fraction of sp³-hybridized carbons (Fsp3) is 0.267. The lowest BCUT2D eigenvalue weighted by Crippen LogP contribution is -2.29. The Morgan fingerprint density at radius 3 is 2.65 bits per heavy atom. The molecule has 1 aromatic carbocycles. The van der Waals surface area contributed by atoms with Gasteiger partial charge in [0.2, 0.25) is 0 Å². The zero-order chi connectivity index (χ0) is 14.9. The van der Waals surface area contributed by atoms with Crippen molar-refractivity contribution in [3.05, 3.63) is 55.1 Å². The van der Waals surface area contributed by atoms with E-state index in [1.165, 1.54) is 11.3 Å². The number of rotatable bonds is 3. The lowest BCUT2D eigenvalue weighted by molar-refractivity contribution is 0.0747. The molecule has 5 heteroatoms. The van der Waals surface area contributed by atoms with Gasteiger partial charge in [-0.1, -0.05) is 23.7 Å². The van der Waals surface area contributed by atoms with E-state index in [0.29, 0.717) is 5.02 Å². The topological polar surface area (TPSA) is 20.3 Å². The Morgan fingerprint density at radius 2 is 2.10 bits per heavy atom. The molecule has 106 valence electrons. The zero-order valence-electron chi connectivity index (χ0n) is 11.5. The van der Waals surface area contributed by atoms with Crippen molar-refractivity contribution in [2.45, 2.75) is 19.9 Å². The van der Waals surface area contributed by atoms with Crippen LogP contribution in [0.4, 0.5) is 0 Å². The van der Waals surface area contributed by atoms with E-state index in [4.69, 9.17) is 11.6 Å². The highest BCUT2D eigenvalue weighted by Crippen LogP contribution is 2.30. The minimum atomic E-state index is -0.0256. The second-order valence-corrected chi connectivity index (χ2v) is 7.52. The lowest BCUT2D eigenvalue weighted by Gasteiger charge is -2.25. The van der Waals surface area contributed by atoms with Crippen molar-refractivity contribution >= 4 is 44.8 Å². The first kappa shape index (κ1) is 15.5. The smallest absolute Gasteiger partial charge is 0.264 e. The summed E-state index contributed by atoms with van der Waals surface area (Å²) in [6.45, 7) is 3.98. The molecule has 2 nitrogen and oxygen atoms in total. The number of nitrogens with zero attached hydrogens (tertiary/aromatic N) is 1. The number of carbonyl (C=O) groups excluding carboxylic acids is 1. The second kappa shape index (κ2) is 6.29. The third-order valence-corrected chi connectivity index (χ3v) is 5.66. The number of benzene rings is 1. The van der Waals surface area contributed by atoms with Crippen molar-refractivity contribution in [1.29, 1.82) is 0 Å². The number of hydrogen-bond donors (Lipinski definition) is 0. The molecule has 0 bridgehead atoms. The first-order chi connectivity index (χ1) is 9.40. The predicted octanol–water partition coefficient (Wildman–Crippen LogP) is 5.31. The Morgan fingerprint density at radius 1 is 1.40 bits per heavy atom. The van der Waals surface area contributed by atoms with Gasteiger partial charge in [-0.3, -0.25) is 4.79 Å². The molecule has 2 aromatic rings. The number of amides is 1. The summed E-state index contributed by atoms with van der Waals surface area (Å²) >= 11 is 10.9. The summed E-state index contributed by atoms with van der Waals surface area (Å²) in [6, 6.07) is 9.50. The Balaban J connectivity index is 2.22. The molecule has 1 unspecified atom stereocenters. The molecule has 1 heterocycles. The van der Waals surface area contributed by atoms with Crippen LogP contribution in [0.1, 0.15) is 33.8 Å². The number of thiophene rings is 1. The average Bonchev–Trinajstić information content (AvgIpc) is 2.76. The zero-order valence-corrected chi connectivity index (χ0v) is 14.6. The summed E-state index contributed by atoms with van der Waals surface area (Å²) in [5.41, 5.74) is 2.11. The summed E-state index contributed by atoms with van der Waals surface area (Å²) in [5.74, 6) is 0.0243. The first-order valence-electron chi connectivity index (χ1n) is 6.18. The molecule has 0 radical (unpaired) electrons. The number of carbonyl (C=O) groups is 1. The Labute approximate surface area is 136 Å². The number of hydrogen-bond acceptors (Lipinski definition) is 2. The van der Waals surface area contributed by atoms with E-state index in [9.17, 15) is 4.79 Å². The normalized spacial score (nSPS) is 12.2. The third-order valence-electron chi connectivity index (χ3n) is 3.30. The minimum Gasteiger partial charge on any atom is -0.334 e. The van der Waals surface area contributed by atoms with Crippen LogP contribution in [0.3, 0.4) is 0 Å². The quantitative estimate of drug-likeness (QED) is 0.715. The van der Waals surface area contributed by atoms with Crippen LogP contribution in [0.2, 0.25) is 5.02 Å². The molecule has 1 aromatic heterocycles. The minimum absolute atomic E-state index is 0.0243. The molecule has 0 aliphatic heterocycles. The van der Waals surface area contributed by atoms with E-state index in [-0.39, 0.29) is 11.9 Å². The molecule has 1 amide bonds. The van der Waals surface area contributed by atoms with E-state index in [1.807, 2.05) is 51.2 Å². The second-order valence-electron chi connectivity index (χ2n) is 4.71. The van der Waals surface area contributed by atoms with E-state index in [0.717, 1.165) is 19.8 Å². The fourth-order valence-electron chi connectivity index (χ4n) is 1.91. The van der Waals surface area contributed by atoms with E-state index in [2.05, 4.69) is 15.9 Å². The largest absolute Gasteiger partial charge is 0.334 e. The summed E-state index contributed by atoms with van der Waals surface area (Å²) in [7, 11) is 1.82. The predicted molar refractivity (Wildman–Crippen MR) is 88.7 cm³/mol. The third kappa shape index (κ3) is 3.25. The number of aryl methyl sites for hydroxylation is 1. The van der Waals surface area contributed by atoms with Gasteiger partial charge in [-0.15, -0.1) is 11.3 Å². The average molecular weight is 373 g/mol. The molecule has 0 aliphatic carbocycles. The van der Waals surface area contributed by atoms with Crippen molar-refractivity contribution < 1.29 is 4.79 Å². The van der Waals surface area contributed by atoms with E-state index in [1.54, 1.807) is 4.90 Å². The molecule has 0 saturated carbocycles. The van der Waals surface area contributed by atoms with Crippen LogP contribution in [0.15, 0.2) is 34.1 Å². The Hall–Kier alpha value is -0.840. The van der Waals surface area contributed by atoms with Gasteiger partial charge in [0.05, 0.1) is 14.7 Å². The van der Waals surface area contributed by atoms with Crippen LogP contribution in [-0.2, 0) is 0 Å². The molecule has 1 atom stereocenters. The Bertz CT molecular complexity index is 621. The van der Waals surface area contributed by atoms with Crippen molar-refractivity contribution in [2.75, 3.05) is 7.05 Å². The molecule has 0 saturated heterocycles. The first-order valence-corrected chi connectivity index (χ1v) is 8.17. The van der Waals surface area contributed by atoms with Crippen LogP contribution >= 0.6 is 38.9 Å². The van der Waals surface area contributed by atoms with Gasteiger partial charge in [0.1, 0.15) is 0 Å². The standard InChI is InChI=1S/C15H15BrClNOS/c1-9-7-13(20-14(9)16)15(19)18(3)10(2)11-5-4-6-12(17)8-11/h4-8,10H,1-3H3. The Kier molecular flexibility index (Phi) is 4.89. The maximum absolute atomic E-state index is 12.5. The van der Waals surface area contributed by atoms with Crippen LogP contribution in [-0.4, -0.2) is 17.9 Å². The van der Waals surface area contributed by atoms with Gasteiger partial charge in [0.15, 0.2) is 0 Å². The highest BCUT2D eigenvalue weighted by Gasteiger charge is 2.21. The van der Waals surface area contributed by atoms with Gasteiger partial charge in [-0.2, -0.15) is 0 Å². The van der Waals surface area contributed by atoms with E-state index < -0.39 is 0 Å². The molecule has 0 spiro atoms. The maximum atomic E-state index is 12.5. The van der Waals surface area contributed by atoms with Crippen LogP contribution in [0, 0.1) is 6.92 Å². The maximum Gasteiger partial charge on any atom is 0.264 e. The van der Waals surface area contributed by atoms with Gasteiger partial charge in [-0.25, -0.2) is 0 Å². The lowest BCUT2D eigenvalue weighted by atomic mass is 10.1. The molecule has 20 heavy (non-hydrogen) atoms. The van der Waals surface area contributed by atoms with E-state index >= 15 is 0 Å². The van der Waals surface area contributed by atoms with Gasteiger partial charge in [0, 0.05) is 12.1 Å². The fourth-order valence-corrected chi connectivity index (χ4v) is 3.62. The van der Waals surface area contributed by atoms with Crippen LogP contribution < -0.4 is 0 Å². The van der Waals surface area contributed by atoms with Crippen molar-refractivity contribution in [3.63, 3.8) is 0 Å². The molecule has 0 aliphatic rings. The molecular weight excluding hydrogens is 358 g/mol. The monoisotopic (exact) mass is 371 g/mol.